The average Bonchev–Trinajstić information content (AvgIpc) is 3.10. The second-order valence-electron chi connectivity index (χ2n) is 4.20. The van der Waals surface area contributed by atoms with Crippen LogP contribution in [-0.4, -0.2) is 23.6 Å². The summed E-state index contributed by atoms with van der Waals surface area (Å²) < 4.78 is 0. The SMILES string of the molecule is O=C(O)CONC(=O)C1(c2ccc(Cl)cc2)CC1. The van der Waals surface area contributed by atoms with E-state index in [0.29, 0.717) is 5.02 Å². The fourth-order valence-electron chi connectivity index (χ4n) is 1.80. The number of carbonyl (C=O) groups excluding carboxylic acids is 1. The van der Waals surface area contributed by atoms with Gasteiger partial charge in [-0.2, -0.15) is 0 Å². The zero-order chi connectivity index (χ0) is 13.2. The van der Waals surface area contributed by atoms with E-state index in [1.54, 1.807) is 24.3 Å². The molecular formula is C12H12ClNO4. The standard InChI is InChI=1S/C12H12ClNO4/c13-9-3-1-8(2-4-9)12(5-6-12)11(17)14-18-7-10(15)16/h1-4H,5-7H2,(H,14,17)(H,15,16). The maximum Gasteiger partial charge on any atom is 0.332 e. The van der Waals surface area contributed by atoms with Gasteiger partial charge < -0.3 is 5.11 Å². The molecule has 0 spiro atoms. The van der Waals surface area contributed by atoms with Crippen molar-refractivity contribution in [3.05, 3.63) is 34.9 Å². The largest absolute Gasteiger partial charge is 0.479 e. The Labute approximate surface area is 109 Å². The van der Waals surface area contributed by atoms with Gasteiger partial charge in [0.15, 0.2) is 6.61 Å². The minimum absolute atomic E-state index is 0.314. The molecule has 1 fully saturated rings. The number of hydrogen-bond donors (Lipinski definition) is 2. The molecule has 0 unspecified atom stereocenters. The Bertz CT molecular complexity index is 467. The van der Waals surface area contributed by atoms with Crippen molar-refractivity contribution in [2.75, 3.05) is 6.61 Å². The van der Waals surface area contributed by atoms with Gasteiger partial charge in [0.05, 0.1) is 5.41 Å². The van der Waals surface area contributed by atoms with Gasteiger partial charge in [-0.1, -0.05) is 23.7 Å². The molecule has 0 heterocycles. The van der Waals surface area contributed by atoms with E-state index < -0.39 is 18.0 Å². The van der Waals surface area contributed by atoms with Crippen molar-refractivity contribution >= 4 is 23.5 Å². The Hall–Kier alpha value is -1.59. The monoisotopic (exact) mass is 269 g/mol. The first-order valence-corrected chi connectivity index (χ1v) is 5.82. The van der Waals surface area contributed by atoms with Crippen LogP contribution in [0.5, 0.6) is 0 Å². The quantitative estimate of drug-likeness (QED) is 0.795. The summed E-state index contributed by atoms with van der Waals surface area (Å²) in [5.74, 6) is -1.45. The number of hydroxylamine groups is 1. The van der Waals surface area contributed by atoms with Crippen LogP contribution in [-0.2, 0) is 19.8 Å². The smallest absolute Gasteiger partial charge is 0.332 e. The highest BCUT2D eigenvalue weighted by Crippen LogP contribution is 2.48. The molecule has 1 saturated carbocycles. The number of amides is 1. The number of rotatable bonds is 5. The molecular weight excluding hydrogens is 258 g/mol. The van der Waals surface area contributed by atoms with Crippen LogP contribution >= 0.6 is 11.6 Å². The van der Waals surface area contributed by atoms with Gasteiger partial charge in [-0.05, 0) is 30.5 Å². The zero-order valence-electron chi connectivity index (χ0n) is 9.48. The van der Waals surface area contributed by atoms with Gasteiger partial charge in [0.2, 0.25) is 0 Å². The van der Waals surface area contributed by atoms with Crippen molar-refractivity contribution < 1.29 is 19.5 Å². The number of aliphatic carboxylic acids is 1. The van der Waals surface area contributed by atoms with Crippen LogP contribution in [0.4, 0.5) is 0 Å². The molecule has 96 valence electrons. The van der Waals surface area contributed by atoms with Crippen molar-refractivity contribution in [2.24, 2.45) is 0 Å². The van der Waals surface area contributed by atoms with Crippen molar-refractivity contribution in [3.8, 4) is 0 Å². The summed E-state index contributed by atoms with van der Waals surface area (Å²) in [5.41, 5.74) is 2.45. The Morgan fingerprint density at radius 3 is 2.44 bits per heavy atom. The van der Waals surface area contributed by atoms with Crippen molar-refractivity contribution in [1.29, 1.82) is 0 Å². The molecule has 5 nitrogen and oxygen atoms in total. The third-order valence-corrected chi connectivity index (χ3v) is 3.19. The van der Waals surface area contributed by atoms with Gasteiger partial charge in [-0.3, -0.25) is 9.63 Å². The van der Waals surface area contributed by atoms with E-state index in [2.05, 4.69) is 10.3 Å². The highest BCUT2D eigenvalue weighted by Gasteiger charge is 2.51. The Morgan fingerprint density at radius 2 is 1.94 bits per heavy atom. The third kappa shape index (κ3) is 2.63. The lowest BCUT2D eigenvalue weighted by Crippen LogP contribution is -2.35. The van der Waals surface area contributed by atoms with Gasteiger partial charge in [0.1, 0.15) is 0 Å². The number of carboxylic acid groups (broad SMARTS) is 1. The summed E-state index contributed by atoms with van der Waals surface area (Å²) in [4.78, 5) is 26.8. The van der Waals surface area contributed by atoms with Gasteiger partial charge in [0.25, 0.3) is 5.91 Å². The van der Waals surface area contributed by atoms with Crippen LogP contribution in [0, 0.1) is 0 Å². The van der Waals surface area contributed by atoms with E-state index in [1.165, 1.54) is 0 Å². The van der Waals surface area contributed by atoms with Crippen molar-refractivity contribution in [2.45, 2.75) is 18.3 Å². The molecule has 2 N–H and O–H groups in total. The molecule has 0 bridgehead atoms. The predicted octanol–water partition coefficient (Wildman–Crippen LogP) is 1.50. The molecule has 1 amide bonds. The zero-order valence-corrected chi connectivity index (χ0v) is 10.2. The molecule has 1 aliphatic carbocycles. The number of carboxylic acids is 1. The van der Waals surface area contributed by atoms with E-state index in [1.807, 2.05) is 0 Å². The first-order valence-electron chi connectivity index (χ1n) is 5.45. The molecule has 0 aromatic heterocycles. The Morgan fingerprint density at radius 1 is 1.33 bits per heavy atom. The van der Waals surface area contributed by atoms with Crippen LogP contribution in [0.1, 0.15) is 18.4 Å². The summed E-state index contributed by atoms with van der Waals surface area (Å²) >= 11 is 5.79. The van der Waals surface area contributed by atoms with Crippen LogP contribution in [0.2, 0.25) is 5.02 Å². The van der Waals surface area contributed by atoms with Gasteiger partial charge in [-0.15, -0.1) is 0 Å². The molecule has 1 aliphatic rings. The third-order valence-electron chi connectivity index (χ3n) is 2.94. The second-order valence-corrected chi connectivity index (χ2v) is 4.64. The molecule has 0 atom stereocenters. The fourth-order valence-corrected chi connectivity index (χ4v) is 1.93. The number of hydrogen-bond acceptors (Lipinski definition) is 3. The molecule has 6 heteroatoms. The molecule has 2 rings (SSSR count). The summed E-state index contributed by atoms with van der Waals surface area (Å²) in [6, 6.07) is 7.04. The number of carbonyl (C=O) groups is 2. The number of halogens is 1. The molecule has 1 aromatic carbocycles. The fraction of sp³-hybridized carbons (Fsp3) is 0.333. The van der Waals surface area contributed by atoms with E-state index in [9.17, 15) is 9.59 Å². The van der Waals surface area contributed by atoms with E-state index in [-0.39, 0.29) is 5.91 Å². The molecule has 18 heavy (non-hydrogen) atoms. The highest BCUT2D eigenvalue weighted by atomic mass is 35.5. The minimum Gasteiger partial charge on any atom is -0.479 e. The maximum absolute atomic E-state index is 11.9. The normalized spacial score (nSPS) is 16.1. The maximum atomic E-state index is 11.9. The average molecular weight is 270 g/mol. The van der Waals surface area contributed by atoms with Crippen molar-refractivity contribution in [3.63, 3.8) is 0 Å². The van der Waals surface area contributed by atoms with Gasteiger partial charge in [0, 0.05) is 5.02 Å². The van der Waals surface area contributed by atoms with Crippen LogP contribution < -0.4 is 5.48 Å². The Balaban J connectivity index is 2.00. The van der Waals surface area contributed by atoms with Crippen LogP contribution in [0.25, 0.3) is 0 Å². The summed E-state index contributed by atoms with van der Waals surface area (Å²) in [6.07, 6.45) is 1.44. The van der Waals surface area contributed by atoms with Gasteiger partial charge >= 0.3 is 5.97 Å². The molecule has 0 saturated heterocycles. The van der Waals surface area contributed by atoms with Crippen molar-refractivity contribution in [1.82, 2.24) is 5.48 Å². The van der Waals surface area contributed by atoms with Crippen LogP contribution in [0.15, 0.2) is 24.3 Å². The first kappa shape index (κ1) is 12.9. The lowest BCUT2D eigenvalue weighted by molar-refractivity contribution is -0.150. The molecule has 0 radical (unpaired) electrons. The Kier molecular flexibility index (Phi) is 3.54. The summed E-state index contributed by atoms with van der Waals surface area (Å²) in [5, 5.41) is 9.01. The lowest BCUT2D eigenvalue weighted by atomic mass is 9.95. The lowest BCUT2D eigenvalue weighted by Gasteiger charge is -2.15. The highest BCUT2D eigenvalue weighted by molar-refractivity contribution is 6.30. The number of nitrogens with one attached hydrogen (secondary N) is 1. The number of benzene rings is 1. The molecule has 1 aromatic rings. The summed E-state index contributed by atoms with van der Waals surface area (Å²) in [7, 11) is 0. The molecule has 0 aliphatic heterocycles. The summed E-state index contributed by atoms with van der Waals surface area (Å²) in [6.45, 7) is -0.553. The predicted molar refractivity (Wildman–Crippen MR) is 64.1 cm³/mol. The first-order chi connectivity index (χ1) is 8.54. The van der Waals surface area contributed by atoms with E-state index >= 15 is 0 Å². The van der Waals surface area contributed by atoms with E-state index in [4.69, 9.17) is 16.7 Å². The van der Waals surface area contributed by atoms with Gasteiger partial charge in [-0.25, -0.2) is 10.3 Å². The van der Waals surface area contributed by atoms with E-state index in [0.717, 1.165) is 18.4 Å². The second kappa shape index (κ2) is 4.96. The van der Waals surface area contributed by atoms with Crippen LogP contribution in [0.3, 0.4) is 0 Å². The topological polar surface area (TPSA) is 75.6 Å². The minimum atomic E-state index is -1.13.